The lowest BCUT2D eigenvalue weighted by atomic mass is 10.0. The lowest BCUT2D eigenvalue weighted by molar-refractivity contribution is -0.118. The Morgan fingerprint density at radius 1 is 1.09 bits per heavy atom. The summed E-state index contributed by atoms with van der Waals surface area (Å²) in [6.45, 7) is 1.08. The number of fused-ring (bicyclic) bond motifs is 2. The standard InChI is InChI=1S/C25H22N4O2S/c1-31-20-10-11-22-23(17-20)32-25(27-22)29(15-14-28-13-5-12-26-28)24(30)16-19-8-4-7-18-6-2-3-9-21(18)19/h2-13,17H,14-16H2,1H3. The fraction of sp³-hybridized carbons (Fsp3) is 0.160. The summed E-state index contributed by atoms with van der Waals surface area (Å²) in [5.74, 6) is 0.789. The van der Waals surface area contributed by atoms with E-state index in [2.05, 4.69) is 23.3 Å². The SMILES string of the molecule is COc1ccc2nc(N(CCn3cccn3)C(=O)Cc3cccc4ccccc34)sc2c1. The van der Waals surface area contributed by atoms with Crippen LogP contribution in [-0.2, 0) is 17.8 Å². The fourth-order valence-corrected chi connectivity index (χ4v) is 4.84. The highest BCUT2D eigenvalue weighted by atomic mass is 32.1. The third-order valence-electron chi connectivity index (χ3n) is 5.45. The van der Waals surface area contributed by atoms with E-state index < -0.39 is 0 Å². The number of nitrogens with zero attached hydrogens (tertiary/aromatic N) is 4. The zero-order valence-electron chi connectivity index (χ0n) is 17.6. The molecule has 2 aromatic heterocycles. The van der Waals surface area contributed by atoms with E-state index >= 15 is 0 Å². The lowest BCUT2D eigenvalue weighted by Gasteiger charge is -2.20. The average molecular weight is 443 g/mol. The van der Waals surface area contributed by atoms with Gasteiger partial charge >= 0.3 is 0 Å². The summed E-state index contributed by atoms with van der Waals surface area (Å²) in [6, 6.07) is 21.9. The molecule has 32 heavy (non-hydrogen) atoms. The van der Waals surface area contributed by atoms with E-state index in [0.29, 0.717) is 24.6 Å². The molecule has 0 saturated carbocycles. The molecule has 0 spiro atoms. The minimum atomic E-state index is 0.0135. The molecule has 6 nitrogen and oxygen atoms in total. The number of rotatable bonds is 7. The molecular weight excluding hydrogens is 420 g/mol. The van der Waals surface area contributed by atoms with Crippen LogP contribution >= 0.6 is 11.3 Å². The van der Waals surface area contributed by atoms with Crippen molar-refractivity contribution in [2.75, 3.05) is 18.6 Å². The zero-order chi connectivity index (χ0) is 21.9. The van der Waals surface area contributed by atoms with Gasteiger partial charge in [-0.2, -0.15) is 5.10 Å². The Hall–Kier alpha value is -3.71. The predicted molar refractivity (Wildman–Crippen MR) is 128 cm³/mol. The maximum atomic E-state index is 13.6. The van der Waals surface area contributed by atoms with E-state index in [1.54, 1.807) is 18.2 Å². The van der Waals surface area contributed by atoms with Gasteiger partial charge < -0.3 is 4.74 Å². The van der Waals surface area contributed by atoms with E-state index in [1.807, 2.05) is 59.4 Å². The van der Waals surface area contributed by atoms with Gasteiger partial charge in [-0.25, -0.2) is 4.98 Å². The van der Waals surface area contributed by atoms with E-state index in [9.17, 15) is 4.79 Å². The van der Waals surface area contributed by atoms with E-state index in [4.69, 9.17) is 9.72 Å². The van der Waals surface area contributed by atoms with Crippen LogP contribution in [0.25, 0.3) is 21.0 Å². The highest BCUT2D eigenvalue weighted by Gasteiger charge is 2.21. The number of anilines is 1. The van der Waals surface area contributed by atoms with Crippen LogP contribution in [0.15, 0.2) is 79.1 Å². The summed E-state index contributed by atoms with van der Waals surface area (Å²) in [5.41, 5.74) is 1.87. The van der Waals surface area contributed by atoms with Crippen LogP contribution in [0.3, 0.4) is 0 Å². The van der Waals surface area contributed by atoms with Crippen LogP contribution < -0.4 is 9.64 Å². The number of aromatic nitrogens is 3. The largest absolute Gasteiger partial charge is 0.497 e. The van der Waals surface area contributed by atoms with Gasteiger partial charge in [0.2, 0.25) is 5.91 Å². The number of thiazole rings is 1. The van der Waals surface area contributed by atoms with Crippen LogP contribution in [0.1, 0.15) is 5.56 Å². The van der Waals surface area contributed by atoms with Crippen LogP contribution in [0.4, 0.5) is 5.13 Å². The maximum absolute atomic E-state index is 13.6. The molecule has 0 fully saturated rings. The first-order valence-electron chi connectivity index (χ1n) is 10.4. The Morgan fingerprint density at radius 3 is 2.81 bits per heavy atom. The molecule has 0 atom stereocenters. The second kappa shape index (κ2) is 8.80. The third-order valence-corrected chi connectivity index (χ3v) is 6.49. The molecule has 5 rings (SSSR count). The van der Waals surface area contributed by atoms with Crippen molar-refractivity contribution in [2.45, 2.75) is 13.0 Å². The Morgan fingerprint density at radius 2 is 1.97 bits per heavy atom. The molecule has 160 valence electrons. The third kappa shape index (κ3) is 4.07. The molecule has 0 bridgehead atoms. The number of methoxy groups -OCH3 is 1. The minimum absolute atomic E-state index is 0.0135. The number of hydrogen-bond acceptors (Lipinski definition) is 5. The number of ether oxygens (including phenoxy) is 1. The fourth-order valence-electron chi connectivity index (χ4n) is 3.80. The van der Waals surface area contributed by atoms with Crippen molar-refractivity contribution in [2.24, 2.45) is 0 Å². The van der Waals surface area contributed by atoms with Gasteiger partial charge in [0.25, 0.3) is 0 Å². The normalized spacial score (nSPS) is 11.2. The second-order valence-corrected chi connectivity index (χ2v) is 8.47. The summed E-state index contributed by atoms with van der Waals surface area (Å²) >= 11 is 1.50. The van der Waals surface area contributed by atoms with Crippen LogP contribution in [-0.4, -0.2) is 34.3 Å². The molecule has 0 aliphatic rings. The lowest BCUT2D eigenvalue weighted by Crippen LogP contribution is -2.35. The first-order chi connectivity index (χ1) is 15.7. The highest BCUT2D eigenvalue weighted by molar-refractivity contribution is 7.22. The predicted octanol–water partition coefficient (Wildman–Crippen LogP) is 4.93. The molecule has 0 aliphatic carbocycles. The second-order valence-electron chi connectivity index (χ2n) is 7.46. The number of hydrogen-bond donors (Lipinski definition) is 0. The molecule has 5 aromatic rings. The molecule has 1 amide bonds. The summed E-state index contributed by atoms with van der Waals surface area (Å²) in [6.07, 6.45) is 3.95. The first-order valence-corrected chi connectivity index (χ1v) is 11.2. The van der Waals surface area contributed by atoms with Gasteiger partial charge in [-0.05, 0) is 40.6 Å². The number of amides is 1. The molecule has 7 heteroatoms. The molecule has 0 radical (unpaired) electrons. The summed E-state index contributed by atoms with van der Waals surface area (Å²) in [4.78, 5) is 20.1. The zero-order valence-corrected chi connectivity index (χ0v) is 18.5. The molecule has 0 unspecified atom stereocenters. The van der Waals surface area contributed by atoms with Crippen molar-refractivity contribution >= 4 is 43.4 Å². The van der Waals surface area contributed by atoms with Gasteiger partial charge in [0.15, 0.2) is 5.13 Å². The van der Waals surface area contributed by atoms with Gasteiger partial charge in [-0.15, -0.1) is 0 Å². The Labute approximate surface area is 189 Å². The van der Waals surface area contributed by atoms with E-state index in [-0.39, 0.29) is 5.91 Å². The number of carbonyl (C=O) groups excluding carboxylic acids is 1. The summed E-state index contributed by atoms with van der Waals surface area (Å²) in [7, 11) is 1.65. The number of carbonyl (C=O) groups is 1. The van der Waals surface area contributed by atoms with Gasteiger partial charge in [-0.1, -0.05) is 53.8 Å². The van der Waals surface area contributed by atoms with Crippen molar-refractivity contribution in [1.82, 2.24) is 14.8 Å². The maximum Gasteiger partial charge on any atom is 0.233 e. The van der Waals surface area contributed by atoms with Crippen molar-refractivity contribution in [1.29, 1.82) is 0 Å². The van der Waals surface area contributed by atoms with Gasteiger partial charge in [0, 0.05) is 18.9 Å². The summed E-state index contributed by atoms with van der Waals surface area (Å²) in [5, 5.41) is 7.20. The van der Waals surface area contributed by atoms with Gasteiger partial charge in [0.1, 0.15) is 5.75 Å². The Bertz CT molecular complexity index is 1370. The monoisotopic (exact) mass is 442 g/mol. The molecule has 0 saturated heterocycles. The van der Waals surface area contributed by atoms with Crippen molar-refractivity contribution in [3.05, 3.63) is 84.7 Å². The van der Waals surface area contributed by atoms with Crippen LogP contribution in [0.5, 0.6) is 5.75 Å². The Kier molecular flexibility index (Phi) is 5.56. The smallest absolute Gasteiger partial charge is 0.233 e. The van der Waals surface area contributed by atoms with Crippen molar-refractivity contribution < 1.29 is 9.53 Å². The molecular formula is C25H22N4O2S. The first kappa shape index (κ1) is 20.2. The minimum Gasteiger partial charge on any atom is -0.497 e. The summed E-state index contributed by atoms with van der Waals surface area (Å²) < 4.78 is 8.16. The molecule has 2 heterocycles. The van der Waals surface area contributed by atoms with Crippen molar-refractivity contribution in [3.8, 4) is 5.75 Å². The van der Waals surface area contributed by atoms with Gasteiger partial charge in [0.05, 0.1) is 30.3 Å². The molecule has 0 aliphatic heterocycles. The van der Waals surface area contributed by atoms with Crippen LogP contribution in [0, 0.1) is 0 Å². The Balaban J connectivity index is 1.48. The van der Waals surface area contributed by atoms with Crippen LogP contribution in [0.2, 0.25) is 0 Å². The molecule has 3 aromatic carbocycles. The number of benzene rings is 3. The average Bonchev–Trinajstić information content (AvgIpc) is 3.49. The quantitative estimate of drug-likeness (QED) is 0.359. The topological polar surface area (TPSA) is 60.2 Å². The van der Waals surface area contributed by atoms with E-state index in [0.717, 1.165) is 32.3 Å². The van der Waals surface area contributed by atoms with Gasteiger partial charge in [-0.3, -0.25) is 14.4 Å². The highest BCUT2D eigenvalue weighted by Crippen LogP contribution is 2.32. The van der Waals surface area contributed by atoms with Crippen molar-refractivity contribution in [3.63, 3.8) is 0 Å². The van der Waals surface area contributed by atoms with E-state index in [1.165, 1.54) is 11.3 Å². The molecule has 0 N–H and O–H groups in total.